The summed E-state index contributed by atoms with van der Waals surface area (Å²) in [7, 11) is -1.07. The highest BCUT2D eigenvalue weighted by Gasteiger charge is 2.23. The summed E-state index contributed by atoms with van der Waals surface area (Å²) >= 11 is 0. The molecule has 1 aliphatic rings. The first kappa shape index (κ1) is 16.5. The van der Waals surface area contributed by atoms with Crippen LogP contribution in [-0.4, -0.2) is 15.6 Å². The Balaban J connectivity index is 2.04. The molecule has 0 bridgehead atoms. The summed E-state index contributed by atoms with van der Waals surface area (Å²) in [5, 5.41) is 0. The van der Waals surface area contributed by atoms with Gasteiger partial charge in [0.1, 0.15) is 5.75 Å². The summed E-state index contributed by atoms with van der Waals surface area (Å²) in [4.78, 5) is 0. The monoisotopic (exact) mass is 309 g/mol. The van der Waals surface area contributed by atoms with E-state index >= 15 is 0 Å². The smallest absolute Gasteiger partial charge is 0.122 e. The summed E-state index contributed by atoms with van der Waals surface area (Å²) in [6.07, 6.45) is 2.59. The quantitative estimate of drug-likeness (QED) is 0.865. The molecule has 4 heteroatoms. The van der Waals surface area contributed by atoms with Crippen LogP contribution in [0.4, 0.5) is 0 Å². The van der Waals surface area contributed by atoms with Crippen LogP contribution < -0.4 is 9.46 Å². The van der Waals surface area contributed by atoms with E-state index in [2.05, 4.69) is 29.8 Å². The Morgan fingerprint density at radius 1 is 1.38 bits per heavy atom. The molecule has 1 fully saturated rings. The second-order valence-corrected chi connectivity index (χ2v) is 9.00. The Morgan fingerprint density at radius 3 is 2.62 bits per heavy atom. The Bertz CT molecular complexity index is 518. The Hall–Kier alpha value is -0.870. The number of hydrogen-bond donors (Lipinski definition) is 1. The molecule has 0 radical (unpaired) electrons. The van der Waals surface area contributed by atoms with Crippen LogP contribution in [0.25, 0.3) is 0 Å². The van der Waals surface area contributed by atoms with Gasteiger partial charge >= 0.3 is 0 Å². The lowest BCUT2D eigenvalue weighted by Crippen LogP contribution is -2.34. The van der Waals surface area contributed by atoms with Crippen molar-refractivity contribution in [1.82, 2.24) is 4.72 Å². The number of hydrogen-bond acceptors (Lipinski definition) is 2. The van der Waals surface area contributed by atoms with Gasteiger partial charge in [-0.1, -0.05) is 12.1 Å². The molecule has 0 aliphatic heterocycles. The Labute approximate surface area is 131 Å². The van der Waals surface area contributed by atoms with E-state index in [1.807, 2.05) is 27.7 Å². The van der Waals surface area contributed by atoms with Crippen LogP contribution in [0.3, 0.4) is 0 Å². The van der Waals surface area contributed by atoms with E-state index in [0.717, 1.165) is 29.4 Å². The number of ether oxygens (including phenoxy) is 1. The van der Waals surface area contributed by atoms with E-state index in [9.17, 15) is 4.21 Å². The van der Waals surface area contributed by atoms with E-state index in [1.54, 1.807) is 0 Å². The van der Waals surface area contributed by atoms with Crippen LogP contribution in [0.2, 0.25) is 0 Å². The normalized spacial score (nSPS) is 18.3. The molecular formula is C17H27NO2S. The highest BCUT2D eigenvalue weighted by molar-refractivity contribution is 7.84. The van der Waals surface area contributed by atoms with E-state index in [4.69, 9.17) is 4.74 Å². The molecule has 21 heavy (non-hydrogen) atoms. The molecule has 2 atom stereocenters. The van der Waals surface area contributed by atoms with Gasteiger partial charge in [-0.25, -0.2) is 8.93 Å². The van der Waals surface area contributed by atoms with Crippen LogP contribution in [0.5, 0.6) is 5.75 Å². The summed E-state index contributed by atoms with van der Waals surface area (Å²) in [5.74, 6) is 1.70. The molecule has 118 valence electrons. The van der Waals surface area contributed by atoms with Crippen LogP contribution in [0, 0.1) is 12.8 Å². The van der Waals surface area contributed by atoms with E-state index in [1.165, 1.54) is 12.8 Å². The van der Waals surface area contributed by atoms with Crippen LogP contribution >= 0.6 is 0 Å². The molecule has 3 nitrogen and oxygen atoms in total. The zero-order chi connectivity index (χ0) is 15.6. The molecule has 1 aliphatic carbocycles. The lowest BCUT2D eigenvalue weighted by molar-refractivity contribution is 0.297. The third-order valence-electron chi connectivity index (χ3n) is 3.72. The fraction of sp³-hybridized carbons (Fsp3) is 0.647. The van der Waals surface area contributed by atoms with Gasteiger partial charge in [0.05, 0.1) is 22.3 Å². The lowest BCUT2D eigenvalue weighted by Gasteiger charge is -2.22. The SMILES string of the molecule is Cc1ccc([C@H](C)N[S@@](=O)C(C)(C)C)cc1OCC1CC1. The van der Waals surface area contributed by atoms with Crippen molar-refractivity contribution in [3.8, 4) is 5.75 Å². The summed E-state index contributed by atoms with van der Waals surface area (Å²) in [6.45, 7) is 10.9. The minimum Gasteiger partial charge on any atom is -0.493 e. The lowest BCUT2D eigenvalue weighted by atomic mass is 10.1. The highest BCUT2D eigenvalue weighted by atomic mass is 32.2. The molecule has 0 aromatic heterocycles. The molecule has 2 rings (SSSR count). The predicted molar refractivity (Wildman–Crippen MR) is 88.8 cm³/mol. The zero-order valence-electron chi connectivity index (χ0n) is 13.7. The van der Waals surface area contributed by atoms with Crippen molar-refractivity contribution in [1.29, 1.82) is 0 Å². The van der Waals surface area contributed by atoms with E-state index < -0.39 is 11.0 Å². The van der Waals surface area contributed by atoms with E-state index in [0.29, 0.717) is 0 Å². The molecule has 0 amide bonds. The van der Waals surface area contributed by atoms with Gasteiger partial charge in [0.2, 0.25) is 0 Å². The fourth-order valence-electron chi connectivity index (χ4n) is 1.94. The van der Waals surface area contributed by atoms with Crippen LogP contribution in [0.15, 0.2) is 18.2 Å². The molecule has 0 heterocycles. The van der Waals surface area contributed by atoms with Crippen molar-refractivity contribution in [2.75, 3.05) is 6.61 Å². The zero-order valence-corrected chi connectivity index (χ0v) is 14.5. The van der Waals surface area contributed by atoms with E-state index in [-0.39, 0.29) is 10.8 Å². The fourth-order valence-corrected chi connectivity index (χ4v) is 2.75. The number of rotatable bonds is 6. The van der Waals surface area contributed by atoms with Crippen molar-refractivity contribution in [3.05, 3.63) is 29.3 Å². The van der Waals surface area contributed by atoms with Crippen molar-refractivity contribution in [2.24, 2.45) is 5.92 Å². The van der Waals surface area contributed by atoms with Gasteiger partial charge in [-0.05, 0) is 70.6 Å². The predicted octanol–water partition coefficient (Wildman–Crippen LogP) is 3.90. The third kappa shape index (κ3) is 4.82. The summed E-state index contributed by atoms with van der Waals surface area (Å²) in [5.41, 5.74) is 2.27. The first-order chi connectivity index (χ1) is 9.77. The van der Waals surface area contributed by atoms with Crippen molar-refractivity contribution >= 4 is 11.0 Å². The maximum Gasteiger partial charge on any atom is 0.122 e. The van der Waals surface area contributed by atoms with Crippen molar-refractivity contribution < 1.29 is 8.95 Å². The average molecular weight is 309 g/mol. The van der Waals surface area contributed by atoms with Gasteiger partial charge in [0.15, 0.2) is 0 Å². The van der Waals surface area contributed by atoms with Gasteiger partial charge in [-0.3, -0.25) is 0 Å². The third-order valence-corrected chi connectivity index (χ3v) is 5.40. The maximum atomic E-state index is 12.2. The van der Waals surface area contributed by atoms with Crippen LogP contribution in [0.1, 0.15) is 57.7 Å². The van der Waals surface area contributed by atoms with Crippen molar-refractivity contribution in [2.45, 2.75) is 58.2 Å². The minimum atomic E-state index is -1.07. The molecule has 0 spiro atoms. The first-order valence-corrected chi connectivity index (χ1v) is 8.84. The second-order valence-electron chi connectivity index (χ2n) is 7.00. The largest absolute Gasteiger partial charge is 0.493 e. The molecular weight excluding hydrogens is 282 g/mol. The molecule has 0 saturated heterocycles. The molecule has 1 aromatic rings. The van der Waals surface area contributed by atoms with Crippen LogP contribution in [-0.2, 0) is 11.0 Å². The number of benzene rings is 1. The standard InChI is InChI=1S/C17H27NO2S/c1-12-6-9-15(10-16(12)20-11-14-7-8-14)13(2)18-21(19)17(3,4)5/h6,9-10,13-14,18H,7-8,11H2,1-5H3/t13-,21-/m0/s1. The highest BCUT2D eigenvalue weighted by Crippen LogP contribution is 2.31. The van der Waals surface area contributed by atoms with Gasteiger partial charge in [-0.2, -0.15) is 0 Å². The average Bonchev–Trinajstić information content (AvgIpc) is 3.20. The Morgan fingerprint density at radius 2 is 2.05 bits per heavy atom. The second kappa shape index (κ2) is 6.49. The minimum absolute atomic E-state index is 0.0360. The topological polar surface area (TPSA) is 38.3 Å². The van der Waals surface area contributed by atoms with Gasteiger partial charge in [0, 0.05) is 6.04 Å². The Kier molecular flexibility index (Phi) is 5.10. The first-order valence-electron chi connectivity index (χ1n) is 7.69. The number of nitrogens with one attached hydrogen (secondary N) is 1. The van der Waals surface area contributed by atoms with Gasteiger partial charge < -0.3 is 4.74 Å². The molecule has 1 aromatic carbocycles. The summed E-state index contributed by atoms with van der Waals surface area (Å²) in [6, 6.07) is 6.27. The van der Waals surface area contributed by atoms with Gasteiger partial charge in [0.25, 0.3) is 0 Å². The number of aryl methyl sites for hydroxylation is 1. The molecule has 0 unspecified atom stereocenters. The van der Waals surface area contributed by atoms with Gasteiger partial charge in [-0.15, -0.1) is 0 Å². The maximum absolute atomic E-state index is 12.2. The van der Waals surface area contributed by atoms with Crippen molar-refractivity contribution in [3.63, 3.8) is 0 Å². The summed E-state index contributed by atoms with van der Waals surface area (Å²) < 4.78 is 21.0. The molecule has 1 saturated carbocycles. The molecule has 1 N–H and O–H groups in total.